The Kier molecular flexibility index (Phi) is 5.43. The third-order valence-electron chi connectivity index (χ3n) is 4.74. The zero-order valence-electron chi connectivity index (χ0n) is 16.3. The van der Waals surface area contributed by atoms with Gasteiger partial charge in [0.05, 0.1) is 12.2 Å². The molecular weight excluding hydrogens is 378 g/mol. The van der Waals surface area contributed by atoms with E-state index in [-0.39, 0.29) is 17.9 Å². The summed E-state index contributed by atoms with van der Waals surface area (Å²) in [6.07, 6.45) is 6.74. The molecule has 30 heavy (non-hydrogen) atoms. The van der Waals surface area contributed by atoms with Crippen molar-refractivity contribution < 1.29 is 4.79 Å². The number of hydrogen-bond acceptors (Lipinski definition) is 6. The third-order valence-corrected chi connectivity index (χ3v) is 4.74. The maximum Gasteiger partial charge on any atom is 0.255 e. The number of nitrogens with one attached hydrogen (secondary N) is 1. The molecule has 0 radical (unpaired) electrons. The van der Waals surface area contributed by atoms with E-state index in [1.54, 1.807) is 56.1 Å². The summed E-state index contributed by atoms with van der Waals surface area (Å²) >= 11 is 0. The van der Waals surface area contributed by atoms with Crippen LogP contribution in [0.25, 0.3) is 22.4 Å². The number of carbonyl (C=O) groups is 1. The lowest BCUT2D eigenvalue weighted by Crippen LogP contribution is -2.24. The van der Waals surface area contributed by atoms with Crippen LogP contribution >= 0.6 is 0 Å². The van der Waals surface area contributed by atoms with Gasteiger partial charge in [-0.15, -0.1) is 0 Å². The van der Waals surface area contributed by atoms with Gasteiger partial charge in [-0.25, -0.2) is 4.98 Å². The third kappa shape index (κ3) is 4.15. The van der Waals surface area contributed by atoms with Gasteiger partial charge in [-0.2, -0.15) is 0 Å². The zero-order chi connectivity index (χ0) is 20.9. The molecule has 0 saturated carbocycles. The van der Waals surface area contributed by atoms with Crippen LogP contribution in [0.15, 0.2) is 84.2 Å². The first-order chi connectivity index (χ1) is 14.6. The van der Waals surface area contributed by atoms with Crippen molar-refractivity contribution in [3.8, 4) is 22.4 Å². The lowest BCUT2D eigenvalue weighted by molar-refractivity contribution is 0.101. The Morgan fingerprint density at radius 3 is 2.07 bits per heavy atom. The Morgan fingerprint density at radius 2 is 1.43 bits per heavy atom. The molecular formula is C23H19N5O2. The highest BCUT2D eigenvalue weighted by atomic mass is 16.1. The lowest BCUT2D eigenvalue weighted by atomic mass is 10.0. The van der Waals surface area contributed by atoms with Gasteiger partial charge in [-0.05, 0) is 35.4 Å². The SMILES string of the molecule is Cn1c(NCC(=O)c2ccc(-c3ccncc3)cc2)nc(-c2ccncc2)cc1=O. The number of nitrogens with zero attached hydrogens (tertiary/aromatic N) is 4. The van der Waals surface area contributed by atoms with Crippen LogP contribution in [0.5, 0.6) is 0 Å². The first-order valence-electron chi connectivity index (χ1n) is 9.38. The predicted molar refractivity (Wildman–Crippen MR) is 115 cm³/mol. The Bertz CT molecular complexity index is 1220. The van der Waals surface area contributed by atoms with E-state index in [1.165, 1.54) is 10.6 Å². The molecule has 1 N–H and O–H groups in total. The standard InChI is InChI=1S/C23H19N5O2/c1-28-22(30)14-20(18-8-12-25-13-9-18)27-23(28)26-15-21(29)19-4-2-16(3-5-19)17-6-10-24-11-7-17/h2-14H,15H2,1H3,(H,26,27). The van der Waals surface area contributed by atoms with Crippen LogP contribution in [-0.2, 0) is 7.05 Å². The molecule has 0 aliphatic carbocycles. The van der Waals surface area contributed by atoms with Gasteiger partial charge in [-0.3, -0.25) is 24.1 Å². The smallest absolute Gasteiger partial charge is 0.255 e. The van der Waals surface area contributed by atoms with E-state index < -0.39 is 0 Å². The van der Waals surface area contributed by atoms with Gasteiger partial charge in [0, 0.05) is 49.0 Å². The zero-order valence-corrected chi connectivity index (χ0v) is 16.3. The first-order valence-corrected chi connectivity index (χ1v) is 9.38. The summed E-state index contributed by atoms with van der Waals surface area (Å²) in [5.41, 5.74) is 3.72. The molecule has 7 nitrogen and oxygen atoms in total. The van der Waals surface area contributed by atoms with Crippen molar-refractivity contribution in [3.63, 3.8) is 0 Å². The summed E-state index contributed by atoms with van der Waals surface area (Å²) in [6.45, 7) is 0.0225. The van der Waals surface area contributed by atoms with Gasteiger partial charge in [0.1, 0.15) is 0 Å². The number of carbonyl (C=O) groups excluding carboxylic acids is 1. The average Bonchev–Trinajstić information content (AvgIpc) is 2.81. The van der Waals surface area contributed by atoms with Gasteiger partial charge in [0.2, 0.25) is 5.95 Å². The van der Waals surface area contributed by atoms with E-state index in [2.05, 4.69) is 20.3 Å². The monoisotopic (exact) mass is 397 g/mol. The number of hydrogen-bond donors (Lipinski definition) is 1. The summed E-state index contributed by atoms with van der Waals surface area (Å²) in [5.74, 6) is 0.232. The summed E-state index contributed by atoms with van der Waals surface area (Å²) in [4.78, 5) is 37.4. The molecule has 0 fully saturated rings. The molecule has 0 amide bonds. The van der Waals surface area contributed by atoms with Crippen molar-refractivity contribution in [3.05, 3.63) is 95.3 Å². The first kappa shape index (κ1) is 19.2. The molecule has 4 rings (SSSR count). The van der Waals surface area contributed by atoms with Gasteiger partial charge in [-0.1, -0.05) is 24.3 Å². The minimum absolute atomic E-state index is 0.0225. The highest BCUT2D eigenvalue weighted by Gasteiger charge is 2.11. The van der Waals surface area contributed by atoms with Gasteiger partial charge in [0.25, 0.3) is 5.56 Å². The molecule has 3 heterocycles. The van der Waals surface area contributed by atoms with Crippen LogP contribution in [0.3, 0.4) is 0 Å². The van der Waals surface area contributed by atoms with Crippen molar-refractivity contribution in [2.75, 3.05) is 11.9 Å². The number of aromatic nitrogens is 4. The van der Waals surface area contributed by atoms with Crippen LogP contribution in [0, 0.1) is 0 Å². The number of benzene rings is 1. The minimum Gasteiger partial charge on any atom is -0.348 e. The Labute approximate surface area is 173 Å². The van der Waals surface area contributed by atoms with E-state index in [0.717, 1.165) is 16.7 Å². The molecule has 0 aliphatic rings. The highest BCUT2D eigenvalue weighted by Crippen LogP contribution is 2.19. The van der Waals surface area contributed by atoms with E-state index in [9.17, 15) is 9.59 Å². The summed E-state index contributed by atoms with van der Waals surface area (Å²) in [5, 5.41) is 2.99. The molecule has 7 heteroatoms. The molecule has 0 bridgehead atoms. The number of anilines is 1. The summed E-state index contributed by atoms with van der Waals surface area (Å²) in [7, 11) is 1.61. The highest BCUT2D eigenvalue weighted by molar-refractivity contribution is 5.99. The van der Waals surface area contributed by atoms with Crippen molar-refractivity contribution >= 4 is 11.7 Å². The molecule has 0 spiro atoms. The van der Waals surface area contributed by atoms with Crippen molar-refractivity contribution in [1.82, 2.24) is 19.5 Å². The van der Waals surface area contributed by atoms with Crippen molar-refractivity contribution in [1.29, 1.82) is 0 Å². The van der Waals surface area contributed by atoms with Crippen LogP contribution in [0.4, 0.5) is 5.95 Å². The fraction of sp³-hybridized carbons (Fsp3) is 0.0870. The Morgan fingerprint density at radius 1 is 0.867 bits per heavy atom. The second kappa shape index (κ2) is 8.48. The number of ketones is 1. The number of pyridine rings is 2. The molecule has 0 unspecified atom stereocenters. The molecule has 0 atom stereocenters. The number of rotatable bonds is 6. The average molecular weight is 397 g/mol. The Hall–Kier alpha value is -4.13. The van der Waals surface area contributed by atoms with E-state index in [1.807, 2.05) is 24.3 Å². The van der Waals surface area contributed by atoms with E-state index >= 15 is 0 Å². The maximum atomic E-state index is 12.6. The second-order valence-corrected chi connectivity index (χ2v) is 6.69. The van der Waals surface area contributed by atoms with Gasteiger partial charge < -0.3 is 5.32 Å². The minimum atomic E-state index is -0.214. The van der Waals surface area contributed by atoms with Gasteiger partial charge >= 0.3 is 0 Å². The van der Waals surface area contributed by atoms with Crippen LogP contribution in [0.1, 0.15) is 10.4 Å². The molecule has 4 aromatic rings. The fourth-order valence-corrected chi connectivity index (χ4v) is 3.02. The maximum absolute atomic E-state index is 12.6. The second-order valence-electron chi connectivity index (χ2n) is 6.69. The molecule has 1 aromatic carbocycles. The van der Waals surface area contributed by atoms with Crippen LogP contribution < -0.4 is 10.9 Å². The fourth-order valence-electron chi connectivity index (χ4n) is 3.02. The quantitative estimate of drug-likeness (QED) is 0.503. The van der Waals surface area contributed by atoms with Crippen molar-refractivity contribution in [2.45, 2.75) is 0 Å². The molecule has 148 valence electrons. The molecule has 0 saturated heterocycles. The van der Waals surface area contributed by atoms with Crippen LogP contribution in [0.2, 0.25) is 0 Å². The van der Waals surface area contributed by atoms with E-state index in [0.29, 0.717) is 17.2 Å². The van der Waals surface area contributed by atoms with Crippen LogP contribution in [-0.4, -0.2) is 31.8 Å². The largest absolute Gasteiger partial charge is 0.348 e. The van der Waals surface area contributed by atoms with Crippen molar-refractivity contribution in [2.24, 2.45) is 7.05 Å². The molecule has 3 aromatic heterocycles. The lowest BCUT2D eigenvalue weighted by Gasteiger charge is -2.11. The van der Waals surface area contributed by atoms with E-state index in [4.69, 9.17) is 0 Å². The summed E-state index contributed by atoms with van der Waals surface area (Å²) < 4.78 is 1.38. The van der Waals surface area contributed by atoms with Gasteiger partial charge in [0.15, 0.2) is 5.78 Å². The predicted octanol–water partition coefficient (Wildman–Crippen LogP) is 3.20. The number of Topliss-reactive ketones (excluding diaryl/α,β-unsaturated/α-hetero) is 1. The topological polar surface area (TPSA) is 89.8 Å². The Balaban J connectivity index is 1.50. The normalized spacial score (nSPS) is 10.6. The molecule has 0 aliphatic heterocycles. The summed E-state index contributed by atoms with van der Waals surface area (Å²) in [6, 6.07) is 16.2.